The Morgan fingerprint density at radius 1 is 1.28 bits per heavy atom. The second kappa shape index (κ2) is 8.71. The number of likely N-dealkylation sites (N-methyl/N-ethyl adjacent to an activating group) is 1. The monoisotopic (exact) mass is 253 g/mol. The minimum absolute atomic E-state index is 0.368. The van der Waals surface area contributed by atoms with Crippen molar-refractivity contribution in [3.05, 3.63) is 12.2 Å². The maximum absolute atomic E-state index is 6.09. The summed E-state index contributed by atoms with van der Waals surface area (Å²) in [6, 6.07) is 0.440. The summed E-state index contributed by atoms with van der Waals surface area (Å²) in [6.45, 7) is 12.3. The highest BCUT2D eigenvalue weighted by Gasteiger charge is 2.30. The lowest BCUT2D eigenvalue weighted by Gasteiger charge is -2.36. The summed E-state index contributed by atoms with van der Waals surface area (Å²) < 4.78 is 6.09. The second-order valence-electron chi connectivity index (χ2n) is 5.64. The van der Waals surface area contributed by atoms with Crippen LogP contribution in [-0.4, -0.2) is 25.3 Å². The van der Waals surface area contributed by atoms with Crippen LogP contribution >= 0.6 is 0 Å². The van der Waals surface area contributed by atoms with Gasteiger partial charge < -0.3 is 10.1 Å². The molecule has 0 aliphatic heterocycles. The van der Waals surface area contributed by atoms with E-state index in [1.54, 1.807) is 0 Å². The van der Waals surface area contributed by atoms with E-state index in [0.717, 1.165) is 25.5 Å². The third-order valence-electron chi connectivity index (χ3n) is 3.90. The first kappa shape index (κ1) is 15.7. The number of nitrogens with one attached hydrogen (secondary N) is 1. The first-order chi connectivity index (χ1) is 8.69. The fourth-order valence-electron chi connectivity index (χ4n) is 3.18. The Balaban J connectivity index is 2.66. The van der Waals surface area contributed by atoms with E-state index in [9.17, 15) is 0 Å². The van der Waals surface area contributed by atoms with Crippen molar-refractivity contribution in [1.29, 1.82) is 0 Å². The van der Waals surface area contributed by atoms with Crippen LogP contribution < -0.4 is 5.32 Å². The number of hydrogen-bond donors (Lipinski definition) is 1. The summed E-state index contributed by atoms with van der Waals surface area (Å²) in [4.78, 5) is 0. The average Bonchev–Trinajstić information content (AvgIpc) is 2.36. The van der Waals surface area contributed by atoms with E-state index in [1.165, 1.54) is 37.7 Å². The molecular formula is C16H31NO. The molecule has 0 radical (unpaired) electrons. The van der Waals surface area contributed by atoms with Crippen LogP contribution in [0.25, 0.3) is 0 Å². The Bertz CT molecular complexity index is 233. The molecule has 1 fully saturated rings. The summed E-state index contributed by atoms with van der Waals surface area (Å²) in [6.07, 6.45) is 8.23. The van der Waals surface area contributed by atoms with Crippen LogP contribution in [0.4, 0.5) is 0 Å². The standard InChI is InChI=1S/C16H31NO/c1-5-17-15(12-13(3)4)16(18-6-2)14-10-8-7-9-11-14/h14-17H,3,5-12H2,1-2,4H3. The van der Waals surface area contributed by atoms with Crippen LogP contribution in [0, 0.1) is 5.92 Å². The Morgan fingerprint density at radius 2 is 1.94 bits per heavy atom. The van der Waals surface area contributed by atoms with Crippen molar-refractivity contribution < 1.29 is 4.74 Å². The maximum Gasteiger partial charge on any atom is 0.0759 e. The van der Waals surface area contributed by atoms with Crippen molar-refractivity contribution in [3.8, 4) is 0 Å². The molecule has 0 saturated heterocycles. The summed E-state index contributed by atoms with van der Waals surface area (Å²) >= 11 is 0. The fourth-order valence-corrected chi connectivity index (χ4v) is 3.18. The molecule has 18 heavy (non-hydrogen) atoms. The highest BCUT2D eigenvalue weighted by Crippen LogP contribution is 2.30. The van der Waals surface area contributed by atoms with Crippen molar-refractivity contribution in [2.24, 2.45) is 5.92 Å². The highest BCUT2D eigenvalue weighted by molar-refractivity contribution is 4.97. The van der Waals surface area contributed by atoms with Gasteiger partial charge in [-0.25, -0.2) is 0 Å². The van der Waals surface area contributed by atoms with Crippen molar-refractivity contribution in [2.75, 3.05) is 13.2 Å². The van der Waals surface area contributed by atoms with E-state index >= 15 is 0 Å². The molecule has 1 N–H and O–H groups in total. The third kappa shape index (κ3) is 5.11. The van der Waals surface area contributed by atoms with Crippen molar-refractivity contribution in [3.63, 3.8) is 0 Å². The molecule has 2 unspecified atom stereocenters. The van der Waals surface area contributed by atoms with Gasteiger partial charge in [-0.15, -0.1) is 6.58 Å². The highest BCUT2D eigenvalue weighted by atomic mass is 16.5. The molecular weight excluding hydrogens is 222 g/mol. The van der Waals surface area contributed by atoms with Crippen molar-refractivity contribution in [2.45, 2.75) is 71.4 Å². The molecule has 0 aromatic heterocycles. The Hall–Kier alpha value is -0.340. The molecule has 1 aliphatic rings. The zero-order chi connectivity index (χ0) is 13.4. The van der Waals surface area contributed by atoms with Gasteiger partial charge in [0.05, 0.1) is 6.10 Å². The lowest BCUT2D eigenvalue weighted by molar-refractivity contribution is -0.0171. The van der Waals surface area contributed by atoms with Crippen molar-refractivity contribution in [1.82, 2.24) is 5.32 Å². The second-order valence-corrected chi connectivity index (χ2v) is 5.64. The minimum Gasteiger partial charge on any atom is -0.377 e. The van der Waals surface area contributed by atoms with Gasteiger partial charge in [0.15, 0.2) is 0 Å². The molecule has 0 amide bonds. The van der Waals surface area contributed by atoms with Gasteiger partial charge >= 0.3 is 0 Å². The number of hydrogen-bond acceptors (Lipinski definition) is 2. The molecule has 2 atom stereocenters. The average molecular weight is 253 g/mol. The fraction of sp³-hybridized carbons (Fsp3) is 0.875. The van der Waals surface area contributed by atoms with Gasteiger partial charge in [0.25, 0.3) is 0 Å². The zero-order valence-electron chi connectivity index (χ0n) is 12.5. The molecule has 0 spiro atoms. The van der Waals surface area contributed by atoms with Crippen LogP contribution in [-0.2, 0) is 4.74 Å². The molecule has 2 nitrogen and oxygen atoms in total. The topological polar surface area (TPSA) is 21.3 Å². The van der Waals surface area contributed by atoms with Crippen molar-refractivity contribution >= 4 is 0 Å². The number of rotatable bonds is 8. The first-order valence-corrected chi connectivity index (χ1v) is 7.68. The Kier molecular flexibility index (Phi) is 7.60. The van der Waals surface area contributed by atoms with Gasteiger partial charge in [0.1, 0.15) is 0 Å². The maximum atomic E-state index is 6.09. The largest absolute Gasteiger partial charge is 0.377 e. The van der Waals surface area contributed by atoms with Crippen LogP contribution in [0.2, 0.25) is 0 Å². The normalized spacial score (nSPS) is 20.6. The predicted molar refractivity (Wildman–Crippen MR) is 78.9 cm³/mol. The third-order valence-corrected chi connectivity index (χ3v) is 3.90. The smallest absolute Gasteiger partial charge is 0.0759 e. The Labute approximate surface area is 113 Å². The SMILES string of the molecule is C=C(C)CC(NCC)C(OCC)C1CCCCC1. The van der Waals surface area contributed by atoms with E-state index in [1.807, 2.05) is 0 Å². The van der Waals surface area contributed by atoms with Crippen LogP contribution in [0.3, 0.4) is 0 Å². The minimum atomic E-state index is 0.368. The number of ether oxygens (including phenoxy) is 1. The van der Waals surface area contributed by atoms with Crippen LogP contribution in [0.15, 0.2) is 12.2 Å². The van der Waals surface area contributed by atoms with E-state index in [4.69, 9.17) is 4.74 Å². The molecule has 2 heteroatoms. The lowest BCUT2D eigenvalue weighted by Crippen LogP contribution is -2.46. The summed E-state index contributed by atoms with van der Waals surface area (Å²) in [5.41, 5.74) is 1.25. The predicted octanol–water partition coefficient (Wildman–Crippen LogP) is 3.92. The van der Waals surface area contributed by atoms with E-state index < -0.39 is 0 Å². The van der Waals surface area contributed by atoms with Gasteiger partial charge in [-0.1, -0.05) is 31.8 Å². The molecule has 0 bridgehead atoms. The van der Waals surface area contributed by atoms with E-state index in [-0.39, 0.29) is 0 Å². The first-order valence-electron chi connectivity index (χ1n) is 7.68. The summed E-state index contributed by atoms with van der Waals surface area (Å²) in [5.74, 6) is 0.738. The van der Waals surface area contributed by atoms with Gasteiger partial charge in [-0.05, 0) is 45.6 Å². The van der Waals surface area contributed by atoms with E-state index in [2.05, 4.69) is 32.7 Å². The summed E-state index contributed by atoms with van der Waals surface area (Å²) in [5, 5.41) is 3.61. The molecule has 0 heterocycles. The summed E-state index contributed by atoms with van der Waals surface area (Å²) in [7, 11) is 0. The van der Waals surface area contributed by atoms with Gasteiger partial charge in [-0.2, -0.15) is 0 Å². The van der Waals surface area contributed by atoms with Crippen LogP contribution in [0.1, 0.15) is 59.3 Å². The molecule has 0 aromatic rings. The molecule has 1 rings (SSSR count). The van der Waals surface area contributed by atoms with Gasteiger partial charge in [0, 0.05) is 12.6 Å². The van der Waals surface area contributed by atoms with Crippen LogP contribution in [0.5, 0.6) is 0 Å². The lowest BCUT2D eigenvalue weighted by atomic mass is 9.81. The molecule has 106 valence electrons. The molecule has 1 aliphatic carbocycles. The quantitative estimate of drug-likeness (QED) is 0.662. The Morgan fingerprint density at radius 3 is 2.44 bits per heavy atom. The zero-order valence-corrected chi connectivity index (χ0v) is 12.5. The van der Waals surface area contributed by atoms with Gasteiger partial charge in [0.2, 0.25) is 0 Å². The molecule has 0 aromatic carbocycles. The molecule has 1 saturated carbocycles. The van der Waals surface area contributed by atoms with Gasteiger partial charge in [-0.3, -0.25) is 0 Å². The van der Waals surface area contributed by atoms with E-state index in [0.29, 0.717) is 12.1 Å².